The number of nitrogens with one attached hydrogen (secondary N) is 1. The van der Waals surface area contributed by atoms with Gasteiger partial charge in [0, 0.05) is 5.56 Å². The van der Waals surface area contributed by atoms with E-state index in [1.807, 2.05) is 24.3 Å². The fraction of sp³-hybridized carbons (Fsp3) is 0.533. The Bertz CT molecular complexity index is 436. The molecule has 96 valence electrons. The van der Waals surface area contributed by atoms with Crippen molar-refractivity contribution in [1.29, 1.82) is 0 Å². The van der Waals surface area contributed by atoms with Crippen LogP contribution in [0.1, 0.15) is 36.0 Å². The molecule has 1 aromatic rings. The number of carbonyl (C=O) groups excluding carboxylic acids is 1. The fourth-order valence-corrected chi connectivity index (χ4v) is 1.94. The minimum absolute atomic E-state index is 0.150. The number of hydrogen-bond acceptors (Lipinski definition) is 3. The molecule has 0 radical (unpaired) electrons. The van der Waals surface area contributed by atoms with Crippen LogP contribution < -0.4 is 10.1 Å². The molecule has 2 aliphatic carbocycles. The van der Waals surface area contributed by atoms with Crippen LogP contribution in [0.3, 0.4) is 0 Å². The zero-order valence-corrected chi connectivity index (χ0v) is 10.5. The van der Waals surface area contributed by atoms with Crippen molar-refractivity contribution in [3.8, 4) is 5.75 Å². The molecule has 0 aromatic heterocycles. The third-order valence-corrected chi connectivity index (χ3v) is 3.40. The normalized spacial score (nSPS) is 18.7. The molecule has 0 bridgehead atoms. The van der Waals surface area contributed by atoms with Gasteiger partial charge in [-0.15, -0.1) is 0 Å². The highest BCUT2D eigenvalue weighted by molar-refractivity contribution is 5.97. The summed E-state index contributed by atoms with van der Waals surface area (Å²) in [6.07, 6.45) is 5.28. The van der Waals surface area contributed by atoms with Gasteiger partial charge in [0.2, 0.25) is 0 Å². The number of ether oxygens (including phenoxy) is 1. The second kappa shape index (κ2) is 5.11. The van der Waals surface area contributed by atoms with Crippen molar-refractivity contribution < 1.29 is 9.53 Å². The highest BCUT2D eigenvalue weighted by atomic mass is 16.5. The van der Waals surface area contributed by atoms with Crippen molar-refractivity contribution in [3.63, 3.8) is 0 Å². The van der Waals surface area contributed by atoms with Crippen molar-refractivity contribution in [3.05, 3.63) is 29.8 Å². The van der Waals surface area contributed by atoms with Gasteiger partial charge in [0.15, 0.2) is 5.78 Å². The summed E-state index contributed by atoms with van der Waals surface area (Å²) < 4.78 is 5.70. The third-order valence-electron chi connectivity index (χ3n) is 3.40. The molecule has 1 aromatic carbocycles. The maximum absolute atomic E-state index is 12.0. The van der Waals surface area contributed by atoms with Crippen LogP contribution in [0.2, 0.25) is 0 Å². The lowest BCUT2D eigenvalue weighted by molar-refractivity contribution is 0.0990. The molecule has 0 unspecified atom stereocenters. The summed E-state index contributed by atoms with van der Waals surface area (Å²) in [6.45, 7) is 1.41. The maximum Gasteiger partial charge on any atom is 0.176 e. The van der Waals surface area contributed by atoms with E-state index in [0.717, 1.165) is 36.6 Å². The van der Waals surface area contributed by atoms with Crippen LogP contribution in [0.4, 0.5) is 0 Å². The second-order valence-corrected chi connectivity index (χ2v) is 5.34. The summed E-state index contributed by atoms with van der Waals surface area (Å²) in [7, 11) is 0. The van der Waals surface area contributed by atoms with Gasteiger partial charge < -0.3 is 10.1 Å². The van der Waals surface area contributed by atoms with E-state index in [0.29, 0.717) is 12.6 Å². The Morgan fingerprint density at radius 1 is 1.28 bits per heavy atom. The molecule has 3 rings (SSSR count). The van der Waals surface area contributed by atoms with Gasteiger partial charge in [0.05, 0.1) is 12.6 Å². The SMILES string of the molecule is O=C(CNCC1CC1)c1cccc(OC2CC2)c1. The van der Waals surface area contributed by atoms with E-state index in [1.54, 1.807) is 0 Å². The summed E-state index contributed by atoms with van der Waals surface area (Å²) in [4.78, 5) is 12.0. The number of Topliss-reactive ketones (excluding diaryl/α,β-unsaturated/α-hetero) is 1. The van der Waals surface area contributed by atoms with E-state index in [-0.39, 0.29) is 5.78 Å². The summed E-state index contributed by atoms with van der Waals surface area (Å²) in [6, 6.07) is 7.54. The Balaban J connectivity index is 1.53. The van der Waals surface area contributed by atoms with Crippen molar-refractivity contribution in [1.82, 2.24) is 5.32 Å². The van der Waals surface area contributed by atoms with Crippen molar-refractivity contribution in [2.45, 2.75) is 31.8 Å². The van der Waals surface area contributed by atoms with E-state index < -0.39 is 0 Å². The zero-order valence-electron chi connectivity index (χ0n) is 10.5. The third kappa shape index (κ3) is 3.33. The Morgan fingerprint density at radius 3 is 2.83 bits per heavy atom. The van der Waals surface area contributed by atoms with Crippen LogP contribution in [-0.2, 0) is 0 Å². The molecule has 2 fully saturated rings. The monoisotopic (exact) mass is 245 g/mol. The largest absolute Gasteiger partial charge is 0.490 e. The van der Waals surface area contributed by atoms with Gasteiger partial charge in [-0.25, -0.2) is 0 Å². The van der Waals surface area contributed by atoms with Crippen LogP contribution in [0.5, 0.6) is 5.75 Å². The topological polar surface area (TPSA) is 38.3 Å². The molecule has 1 N–H and O–H groups in total. The molecule has 3 heteroatoms. The lowest BCUT2D eigenvalue weighted by Gasteiger charge is -2.07. The van der Waals surface area contributed by atoms with Gasteiger partial charge in [-0.1, -0.05) is 12.1 Å². The highest BCUT2D eigenvalue weighted by Crippen LogP contribution is 2.28. The van der Waals surface area contributed by atoms with Gasteiger partial charge >= 0.3 is 0 Å². The average Bonchev–Trinajstić information content (AvgIpc) is 3.24. The summed E-state index contributed by atoms with van der Waals surface area (Å²) in [5, 5.41) is 3.23. The molecular weight excluding hydrogens is 226 g/mol. The van der Waals surface area contributed by atoms with Gasteiger partial charge in [-0.2, -0.15) is 0 Å². The first kappa shape index (κ1) is 11.7. The van der Waals surface area contributed by atoms with Crippen LogP contribution in [0.25, 0.3) is 0 Å². The molecule has 0 aliphatic heterocycles. The summed E-state index contributed by atoms with van der Waals surface area (Å²) >= 11 is 0. The number of hydrogen-bond donors (Lipinski definition) is 1. The lowest BCUT2D eigenvalue weighted by atomic mass is 10.1. The minimum atomic E-state index is 0.150. The minimum Gasteiger partial charge on any atom is -0.490 e. The predicted molar refractivity (Wildman–Crippen MR) is 70.0 cm³/mol. The predicted octanol–water partition coefficient (Wildman–Crippen LogP) is 2.41. The van der Waals surface area contributed by atoms with E-state index in [1.165, 1.54) is 12.8 Å². The molecule has 0 amide bonds. The van der Waals surface area contributed by atoms with Gasteiger partial charge in [-0.3, -0.25) is 4.79 Å². The van der Waals surface area contributed by atoms with E-state index in [2.05, 4.69) is 5.32 Å². The quantitative estimate of drug-likeness (QED) is 0.750. The van der Waals surface area contributed by atoms with Crippen molar-refractivity contribution in [2.24, 2.45) is 5.92 Å². The van der Waals surface area contributed by atoms with E-state index in [4.69, 9.17) is 4.74 Å². The van der Waals surface area contributed by atoms with E-state index in [9.17, 15) is 4.79 Å². The van der Waals surface area contributed by atoms with Gasteiger partial charge in [0.25, 0.3) is 0 Å². The Kier molecular flexibility index (Phi) is 3.33. The molecule has 3 nitrogen and oxygen atoms in total. The summed E-state index contributed by atoms with van der Waals surface area (Å²) in [5.74, 6) is 1.78. The van der Waals surface area contributed by atoms with Crippen LogP contribution in [0, 0.1) is 5.92 Å². The molecular formula is C15H19NO2. The lowest BCUT2D eigenvalue weighted by Crippen LogP contribution is -2.25. The molecule has 2 aliphatic rings. The van der Waals surface area contributed by atoms with E-state index >= 15 is 0 Å². The fourth-order valence-electron chi connectivity index (χ4n) is 1.94. The Hall–Kier alpha value is -1.35. The molecule has 0 spiro atoms. The Labute approximate surface area is 108 Å². The molecule has 2 saturated carbocycles. The first-order valence-corrected chi connectivity index (χ1v) is 6.82. The molecule has 18 heavy (non-hydrogen) atoms. The Morgan fingerprint density at radius 2 is 2.11 bits per heavy atom. The summed E-state index contributed by atoms with van der Waals surface area (Å²) in [5.41, 5.74) is 0.747. The average molecular weight is 245 g/mol. The second-order valence-electron chi connectivity index (χ2n) is 5.34. The maximum atomic E-state index is 12.0. The molecule has 0 atom stereocenters. The van der Waals surface area contributed by atoms with Crippen molar-refractivity contribution in [2.75, 3.05) is 13.1 Å². The highest BCUT2D eigenvalue weighted by Gasteiger charge is 2.24. The van der Waals surface area contributed by atoms with Crippen LogP contribution >= 0.6 is 0 Å². The molecule has 0 saturated heterocycles. The first-order valence-electron chi connectivity index (χ1n) is 6.82. The van der Waals surface area contributed by atoms with Gasteiger partial charge in [0.1, 0.15) is 5.75 Å². The van der Waals surface area contributed by atoms with Crippen molar-refractivity contribution >= 4 is 5.78 Å². The first-order chi connectivity index (χ1) is 8.81. The number of benzene rings is 1. The van der Waals surface area contributed by atoms with Crippen LogP contribution in [-0.4, -0.2) is 25.0 Å². The number of ketones is 1. The number of rotatable bonds is 7. The standard InChI is InChI=1S/C15H19NO2/c17-15(10-16-9-11-4-5-11)12-2-1-3-14(8-12)18-13-6-7-13/h1-3,8,11,13,16H,4-7,9-10H2. The molecule has 0 heterocycles. The van der Waals surface area contributed by atoms with Crippen LogP contribution in [0.15, 0.2) is 24.3 Å². The smallest absolute Gasteiger partial charge is 0.176 e. The van der Waals surface area contributed by atoms with Gasteiger partial charge in [-0.05, 0) is 50.3 Å². The zero-order chi connectivity index (χ0) is 12.4. The number of carbonyl (C=O) groups is 1.